The van der Waals surface area contributed by atoms with Crippen LogP contribution in [-0.4, -0.2) is 5.11 Å². The maximum atomic E-state index is 12.9. The number of nitrogens with two attached hydrogens (primary N) is 1. The summed E-state index contributed by atoms with van der Waals surface area (Å²) in [7, 11) is 0. The summed E-state index contributed by atoms with van der Waals surface area (Å²) >= 11 is 3.01. The van der Waals surface area contributed by atoms with E-state index in [9.17, 15) is 18.3 Å². The molecule has 0 spiro atoms. The quantitative estimate of drug-likeness (QED) is 0.823. The Hall–Kier alpha value is -0.460. The van der Waals surface area contributed by atoms with E-state index < -0.39 is 23.5 Å². The van der Waals surface area contributed by atoms with Crippen LogP contribution in [0.25, 0.3) is 0 Å². The second-order valence-electron chi connectivity index (χ2n) is 4.59. The number of hydrogen-bond acceptors (Lipinski definition) is 2. The molecule has 0 aromatic heterocycles. The molecule has 0 unspecified atom stereocenters. The van der Waals surface area contributed by atoms with Crippen molar-refractivity contribution in [3.05, 3.63) is 27.7 Å². The van der Waals surface area contributed by atoms with Gasteiger partial charge in [0.25, 0.3) is 0 Å². The van der Waals surface area contributed by atoms with Gasteiger partial charge in [-0.3, -0.25) is 0 Å². The predicted octanol–water partition coefficient (Wildman–Crippen LogP) is 4.64. The van der Waals surface area contributed by atoms with Crippen LogP contribution in [0, 0.1) is 5.92 Å². The van der Waals surface area contributed by atoms with Gasteiger partial charge in [-0.25, -0.2) is 0 Å². The molecule has 0 bridgehead atoms. The molecule has 1 aromatic carbocycles. The van der Waals surface area contributed by atoms with E-state index in [1.165, 1.54) is 6.07 Å². The van der Waals surface area contributed by atoms with Gasteiger partial charge in [0.1, 0.15) is 5.75 Å². The minimum absolute atomic E-state index is 0. The summed E-state index contributed by atoms with van der Waals surface area (Å²) in [5.41, 5.74) is 4.66. The van der Waals surface area contributed by atoms with Crippen molar-refractivity contribution in [2.24, 2.45) is 11.7 Å². The lowest BCUT2D eigenvalue weighted by molar-refractivity contribution is -0.138. The summed E-state index contributed by atoms with van der Waals surface area (Å²) < 4.78 is 38.8. The van der Waals surface area contributed by atoms with E-state index in [2.05, 4.69) is 15.9 Å². The Balaban J connectivity index is 0.00000324. The highest BCUT2D eigenvalue weighted by Gasteiger charge is 2.36. The first kappa shape index (κ1) is 18.5. The average Bonchev–Trinajstić information content (AvgIpc) is 2.18. The molecule has 1 rings (SSSR count). The lowest BCUT2D eigenvalue weighted by Crippen LogP contribution is -2.19. The molecule has 0 heterocycles. The molecule has 110 valence electrons. The van der Waals surface area contributed by atoms with Crippen molar-refractivity contribution >= 4 is 28.3 Å². The van der Waals surface area contributed by atoms with Crippen LogP contribution >= 0.6 is 28.3 Å². The van der Waals surface area contributed by atoms with Gasteiger partial charge in [0, 0.05) is 11.6 Å². The number of halogens is 5. The highest BCUT2D eigenvalue weighted by molar-refractivity contribution is 9.10. The zero-order valence-electron chi connectivity index (χ0n) is 10.5. The fourth-order valence-electron chi connectivity index (χ4n) is 1.83. The van der Waals surface area contributed by atoms with Gasteiger partial charge in [0.2, 0.25) is 0 Å². The summed E-state index contributed by atoms with van der Waals surface area (Å²) in [5, 5.41) is 9.80. The van der Waals surface area contributed by atoms with Crippen molar-refractivity contribution in [1.82, 2.24) is 0 Å². The Kier molecular flexibility index (Phi) is 6.65. The van der Waals surface area contributed by atoms with Gasteiger partial charge in [-0.05, 0) is 40.4 Å². The molecule has 2 nitrogen and oxygen atoms in total. The summed E-state index contributed by atoms with van der Waals surface area (Å²) in [5.74, 6) is -0.294. The van der Waals surface area contributed by atoms with Crippen molar-refractivity contribution < 1.29 is 18.3 Å². The van der Waals surface area contributed by atoms with Gasteiger partial charge >= 0.3 is 6.18 Å². The van der Waals surface area contributed by atoms with Crippen molar-refractivity contribution in [2.75, 3.05) is 0 Å². The first-order chi connectivity index (χ1) is 8.14. The zero-order chi connectivity index (χ0) is 14.1. The Morgan fingerprint density at radius 2 is 1.84 bits per heavy atom. The minimum atomic E-state index is -4.53. The molecule has 1 aromatic rings. The molecule has 0 amide bonds. The highest BCUT2D eigenvalue weighted by atomic mass is 79.9. The van der Waals surface area contributed by atoms with Gasteiger partial charge in [-0.1, -0.05) is 13.8 Å². The van der Waals surface area contributed by atoms with E-state index in [-0.39, 0.29) is 28.4 Å². The van der Waals surface area contributed by atoms with Crippen LogP contribution in [0.4, 0.5) is 13.2 Å². The third kappa shape index (κ3) is 4.54. The van der Waals surface area contributed by atoms with E-state index in [1.54, 1.807) is 0 Å². The molecule has 0 aliphatic heterocycles. The van der Waals surface area contributed by atoms with Crippen molar-refractivity contribution in [1.29, 1.82) is 0 Å². The van der Waals surface area contributed by atoms with Crippen LogP contribution in [0.2, 0.25) is 0 Å². The number of rotatable bonds is 3. The fraction of sp³-hybridized carbons (Fsp3) is 0.500. The number of benzene rings is 1. The molecule has 0 aliphatic rings. The number of phenols is 1. The van der Waals surface area contributed by atoms with E-state index in [1.807, 2.05) is 13.8 Å². The second-order valence-corrected chi connectivity index (χ2v) is 5.45. The van der Waals surface area contributed by atoms with Crippen molar-refractivity contribution in [3.8, 4) is 5.75 Å². The molecule has 0 radical (unpaired) electrons. The summed E-state index contributed by atoms with van der Waals surface area (Å²) in [6, 6.07) is 1.25. The van der Waals surface area contributed by atoms with Gasteiger partial charge in [-0.15, -0.1) is 12.4 Å². The van der Waals surface area contributed by atoms with Crippen LogP contribution in [0.3, 0.4) is 0 Å². The van der Waals surface area contributed by atoms with E-state index in [0.29, 0.717) is 6.42 Å². The van der Waals surface area contributed by atoms with Crippen LogP contribution in [0.5, 0.6) is 5.75 Å². The fourth-order valence-corrected chi connectivity index (χ4v) is 2.18. The average molecular weight is 363 g/mol. The van der Waals surface area contributed by atoms with E-state index in [0.717, 1.165) is 6.07 Å². The predicted molar refractivity (Wildman–Crippen MR) is 74.4 cm³/mol. The monoisotopic (exact) mass is 361 g/mol. The highest BCUT2D eigenvalue weighted by Crippen LogP contribution is 2.42. The molecule has 0 saturated heterocycles. The first-order valence-electron chi connectivity index (χ1n) is 5.48. The second kappa shape index (κ2) is 6.81. The molecular weight excluding hydrogens is 346 g/mol. The standard InChI is InChI=1S/C12H15BrF3NO.ClH/c1-6(2)5-9(17)10-7(12(14,15)16)3-4-8(13)11(10)18;/h3-4,6,9,18H,5,17H2,1-2H3;1H/t9-;/m0./s1. The topological polar surface area (TPSA) is 46.2 Å². The molecular formula is C12H16BrClF3NO. The smallest absolute Gasteiger partial charge is 0.416 e. The molecule has 3 N–H and O–H groups in total. The van der Waals surface area contributed by atoms with Crippen LogP contribution in [0.15, 0.2) is 16.6 Å². The Labute approximate surface area is 124 Å². The third-order valence-corrected chi connectivity index (χ3v) is 3.21. The molecule has 1 atom stereocenters. The Morgan fingerprint density at radius 1 is 1.32 bits per heavy atom. The van der Waals surface area contributed by atoms with Crippen LogP contribution in [0.1, 0.15) is 37.4 Å². The largest absolute Gasteiger partial charge is 0.506 e. The summed E-state index contributed by atoms with van der Waals surface area (Å²) in [4.78, 5) is 0. The van der Waals surface area contributed by atoms with Gasteiger partial charge in [-0.2, -0.15) is 13.2 Å². The number of hydrogen-bond donors (Lipinski definition) is 2. The van der Waals surface area contributed by atoms with Crippen molar-refractivity contribution in [2.45, 2.75) is 32.5 Å². The normalized spacial score (nSPS) is 13.3. The van der Waals surface area contributed by atoms with Crippen LogP contribution < -0.4 is 5.73 Å². The van der Waals surface area contributed by atoms with Crippen LogP contribution in [-0.2, 0) is 6.18 Å². The van der Waals surface area contributed by atoms with Crippen molar-refractivity contribution in [3.63, 3.8) is 0 Å². The molecule has 7 heteroatoms. The number of aromatic hydroxyl groups is 1. The SMILES string of the molecule is CC(C)C[C@H](N)c1c(C(F)(F)F)ccc(Br)c1O.Cl. The number of phenolic OH excluding ortho intramolecular Hbond substituents is 1. The van der Waals surface area contributed by atoms with E-state index >= 15 is 0 Å². The van der Waals surface area contributed by atoms with Gasteiger partial charge in [0.05, 0.1) is 10.0 Å². The van der Waals surface area contributed by atoms with Gasteiger partial charge in [0.15, 0.2) is 0 Å². The Morgan fingerprint density at radius 3 is 2.26 bits per heavy atom. The molecule has 0 aliphatic carbocycles. The third-order valence-electron chi connectivity index (χ3n) is 2.57. The summed E-state index contributed by atoms with van der Waals surface area (Å²) in [6.07, 6.45) is -4.16. The van der Waals surface area contributed by atoms with Gasteiger partial charge < -0.3 is 10.8 Å². The Bertz CT molecular complexity index is 438. The maximum Gasteiger partial charge on any atom is 0.416 e. The lowest BCUT2D eigenvalue weighted by Gasteiger charge is -2.21. The number of alkyl halides is 3. The molecule has 19 heavy (non-hydrogen) atoms. The zero-order valence-corrected chi connectivity index (χ0v) is 12.9. The summed E-state index contributed by atoms with van der Waals surface area (Å²) in [6.45, 7) is 3.73. The molecule has 0 fully saturated rings. The minimum Gasteiger partial charge on any atom is -0.506 e. The maximum absolute atomic E-state index is 12.9. The first-order valence-corrected chi connectivity index (χ1v) is 6.28. The lowest BCUT2D eigenvalue weighted by atomic mass is 9.93. The van der Waals surface area contributed by atoms with E-state index in [4.69, 9.17) is 5.73 Å². The molecule has 0 saturated carbocycles.